The van der Waals surface area contributed by atoms with E-state index in [2.05, 4.69) is 287 Å². The van der Waals surface area contributed by atoms with Gasteiger partial charge in [-0.1, -0.05) is 0 Å². The van der Waals surface area contributed by atoms with Crippen LogP contribution in [0.2, 0.25) is 24.6 Å². The summed E-state index contributed by atoms with van der Waals surface area (Å²) in [5.41, 5.74) is 22.1. The van der Waals surface area contributed by atoms with E-state index in [9.17, 15) is 38.4 Å². The second-order valence-electron chi connectivity index (χ2n) is 36.0. The molecule has 8 aromatic carbocycles. The maximum absolute atomic E-state index is 12.8. The van der Waals surface area contributed by atoms with Crippen molar-refractivity contribution in [2.75, 3.05) is 19.6 Å². The number of benzene rings is 8. The fourth-order valence-electron chi connectivity index (χ4n) is 21.8. The molecule has 2 fully saturated rings. The van der Waals surface area contributed by atoms with Gasteiger partial charge >= 0.3 is 839 Å². The first-order valence-electron chi connectivity index (χ1n) is 44.6. The standard InChI is InChI=1S/C30H23NO2STe.C29H21NO2STe.C26H19GeNO2STe.C26H19NO2SSiTe/c32-28-20(29(33)22-18-34-17-21(22)28)16-19-12-13-27(35-19)31-25-10-4-2-8-23(25)30(14-6-1-7-15-30)24-9-3-5-11-26(24)31;31-27-19(28(32)21-17-33-16-20(21)27)15-18-11-12-26(34-18)30-24-9-3-1-7-22(24)29(13-5-6-14-29)23-8-2-4-10-25(23)30;1-27(2)20-7-3-5-9-22(20)28(23-10-6-4-8-21(23)27)24-12-11-16(32-24)13-17-25(29)18-14-31-15-19(18)26(17)30;1-31(2)22-9-5-3-7-20(22)27(21-8-4-6-10-23(21)31)24-12-11-16(32-24)13-17-25(28)18-14-30-15-19(18)26(17)29/h2-5,8-13,16-18H,1,6-7,14-15H2;1-4,7-12,15-17H,5-6,13-14H2;2*3-15H,1-2H3. The number of ketones is 8. The SMILES string of the molecule is C[Si]1(C)c2ccccc2N(c2ccc(C=C3C(=O)c4cscc4C3=O)[te]2)c2ccccc21.O=C1C(=Cc2ccc(N3c4ccccc4C4(CCCC4)c4ccccc43)[te]2)C(=O)c2cscc21.O=C1C(=Cc2ccc(N3c4ccccc4C4(CCCCC4)c4ccccc43)[te]2)C(=O)c2cscc21.[CH3][Ge]1([CH3])[c]2ccccc2N(c2ccc(C=C3C(=O)c4cscc4C3=O)[te]2)c2cccc[c]21. The fraction of sp³-hybridized carbons (Fsp3) is 0.135. The molecule has 2 spiro atoms. The second-order valence-corrected chi connectivity index (χ2v) is 64.9. The minimum absolute atomic E-state index is 0.0970. The molecule has 12 heterocycles. The third kappa shape index (κ3) is 14.4. The minimum atomic E-state index is -2.39. The number of anilines is 12. The zero-order valence-electron chi connectivity index (χ0n) is 72.7. The van der Waals surface area contributed by atoms with Crippen molar-refractivity contribution in [3.8, 4) is 0 Å². The third-order valence-corrected chi connectivity index (χ3v) is 53.7. The normalized spacial score (nSPS) is 17.0. The van der Waals surface area contributed by atoms with E-state index in [0.717, 1.165) is 14.3 Å². The molecule has 0 atom stereocenters. The summed E-state index contributed by atoms with van der Waals surface area (Å²) in [5, 5.41) is 17.2. The van der Waals surface area contributed by atoms with Crippen molar-refractivity contribution >= 4 is 298 Å². The summed E-state index contributed by atoms with van der Waals surface area (Å²) < 4.78 is 12.7. The Kier molecular flexibility index (Phi) is 22.6. The quantitative estimate of drug-likeness (QED) is 0.0809. The van der Waals surface area contributed by atoms with Gasteiger partial charge in [0.05, 0.1) is 0 Å². The molecular weight excluding hydrogens is 2260 g/mol. The number of carbonyl (C=O) groups excluding carboxylic acids is 8. The molecule has 2 saturated carbocycles. The molecule has 10 aliphatic rings. The molecule has 0 amide bonds. The van der Waals surface area contributed by atoms with Gasteiger partial charge in [-0.25, -0.2) is 0 Å². The summed E-state index contributed by atoms with van der Waals surface area (Å²) in [6.07, 6.45) is 18.6. The van der Waals surface area contributed by atoms with E-state index in [4.69, 9.17) is 0 Å². The molecule has 0 unspecified atom stereocenters. The van der Waals surface area contributed by atoms with Gasteiger partial charge in [0.25, 0.3) is 0 Å². The number of Topliss-reactive ketones (excluding diaryl/α,β-unsaturated/α-hetero) is 8. The Morgan fingerprint density at radius 2 is 0.489 bits per heavy atom. The predicted octanol–water partition coefficient (Wildman–Crippen LogP) is 24.0. The van der Waals surface area contributed by atoms with Crippen LogP contribution >= 0.6 is 45.3 Å². The van der Waals surface area contributed by atoms with Crippen LogP contribution < -0.4 is 38.8 Å². The van der Waals surface area contributed by atoms with Crippen LogP contribution in [-0.2, 0) is 10.8 Å². The van der Waals surface area contributed by atoms with E-state index >= 15 is 0 Å². The van der Waals surface area contributed by atoms with Crippen LogP contribution in [0.4, 0.5) is 60.3 Å². The number of para-hydroxylation sites is 8. The van der Waals surface area contributed by atoms with Crippen molar-refractivity contribution in [1.29, 1.82) is 0 Å². The zero-order valence-corrected chi connectivity index (χ0v) is 88.4. The zero-order chi connectivity index (χ0) is 90.5. The number of carbonyl (C=O) groups is 8. The van der Waals surface area contributed by atoms with E-state index in [1.165, 1.54) is 205 Å². The number of hydrogen-bond donors (Lipinski definition) is 0. The first kappa shape index (κ1) is 87.0. The first-order valence-corrected chi connectivity index (χ1v) is 67.0. The van der Waals surface area contributed by atoms with Gasteiger partial charge in [-0.2, -0.15) is 0 Å². The average Bonchev–Trinajstić information content (AvgIpc) is 1.71. The molecule has 12 nitrogen and oxygen atoms in total. The summed E-state index contributed by atoms with van der Waals surface area (Å²) in [5.74, 6) is 3.93. The number of rotatable bonds is 8. The number of thiophene rings is 4. The molecule has 0 saturated heterocycles. The molecule has 650 valence electrons. The monoisotopic (exact) mass is 2350 g/mol. The van der Waals surface area contributed by atoms with Crippen molar-refractivity contribution in [2.24, 2.45) is 0 Å². The number of allylic oxidation sites excluding steroid dienone is 4. The Morgan fingerprint density at radius 1 is 0.271 bits per heavy atom. The Balaban J connectivity index is 0.000000100. The first-order chi connectivity index (χ1) is 64.8. The number of fused-ring (bicyclic) bond motifs is 16. The van der Waals surface area contributed by atoms with E-state index < -0.39 is 103 Å². The molecule has 0 bridgehead atoms. The van der Waals surface area contributed by atoms with Crippen LogP contribution in [0.5, 0.6) is 0 Å². The van der Waals surface area contributed by atoms with Gasteiger partial charge < -0.3 is 0 Å². The summed E-state index contributed by atoms with van der Waals surface area (Å²) in [7, 11) is -1.79. The van der Waals surface area contributed by atoms with E-state index in [1.54, 1.807) is 43.0 Å². The van der Waals surface area contributed by atoms with Gasteiger partial charge in [-0.3, -0.25) is 0 Å². The Hall–Kier alpha value is -10.1. The van der Waals surface area contributed by atoms with E-state index in [-0.39, 0.29) is 57.1 Å². The Morgan fingerprint density at radius 3 is 0.767 bits per heavy atom. The van der Waals surface area contributed by atoms with Gasteiger partial charge in [0.2, 0.25) is 0 Å². The summed E-state index contributed by atoms with van der Waals surface area (Å²) in [6, 6.07) is 88.1. The van der Waals surface area contributed by atoms with Crippen LogP contribution in [0.25, 0.3) is 24.3 Å². The molecule has 26 rings (SSSR count). The summed E-state index contributed by atoms with van der Waals surface area (Å²) in [6.45, 7) is 4.84. The van der Waals surface area contributed by atoms with Crippen LogP contribution in [-0.4, -0.2) is 149 Å². The van der Waals surface area contributed by atoms with Crippen molar-refractivity contribution in [2.45, 2.75) is 93.2 Å². The van der Waals surface area contributed by atoms with E-state index in [1.807, 2.05) is 24.3 Å². The Bertz CT molecular complexity index is 7240. The van der Waals surface area contributed by atoms with Gasteiger partial charge in [-0.05, 0) is 0 Å². The van der Waals surface area contributed by atoms with Gasteiger partial charge in [0, 0.05) is 0 Å². The Labute approximate surface area is 829 Å². The predicted molar refractivity (Wildman–Crippen MR) is 553 cm³/mol. The molecule has 0 N–H and O–H groups in total. The van der Waals surface area contributed by atoms with Crippen molar-refractivity contribution in [3.05, 3.63) is 389 Å². The second kappa shape index (κ2) is 34.6. The van der Waals surface area contributed by atoms with Crippen molar-refractivity contribution < 1.29 is 38.4 Å². The molecule has 6 aliphatic carbocycles. The molecule has 4 aliphatic heterocycles. The third-order valence-electron chi connectivity index (χ3n) is 28.1. The maximum atomic E-state index is 12.8. The molecule has 16 aromatic rings. The van der Waals surface area contributed by atoms with Crippen LogP contribution in [0.15, 0.2) is 308 Å². The average molecular weight is 2340 g/mol. The number of hydrogen-bond acceptors (Lipinski definition) is 16. The molecule has 0 radical (unpaired) electrons. The van der Waals surface area contributed by atoms with Gasteiger partial charge in [-0.15, -0.1) is 0 Å². The number of nitrogens with zero attached hydrogens (tertiary/aromatic N) is 4. The van der Waals surface area contributed by atoms with E-state index in [0.29, 0.717) is 66.8 Å². The molecule has 8 aromatic heterocycles. The molecular formula is C111H82GeN4O8S4SiTe4. The van der Waals surface area contributed by atoms with Crippen LogP contribution in [0.1, 0.15) is 177 Å². The van der Waals surface area contributed by atoms with Gasteiger partial charge in [0.1, 0.15) is 0 Å². The topological polar surface area (TPSA) is 150 Å². The fourth-order valence-corrected chi connectivity index (χ4v) is 45.4. The summed E-state index contributed by atoms with van der Waals surface area (Å²) >= 11 is 0.233. The van der Waals surface area contributed by atoms with Crippen molar-refractivity contribution in [3.63, 3.8) is 0 Å². The summed E-state index contributed by atoms with van der Waals surface area (Å²) in [4.78, 5) is 112. The van der Waals surface area contributed by atoms with Crippen LogP contribution in [0, 0.1) is 0 Å². The van der Waals surface area contributed by atoms with Gasteiger partial charge in [0.15, 0.2) is 0 Å². The van der Waals surface area contributed by atoms with Crippen LogP contribution in [0.3, 0.4) is 0 Å². The van der Waals surface area contributed by atoms with Crippen molar-refractivity contribution in [1.82, 2.24) is 0 Å². The molecule has 133 heavy (non-hydrogen) atoms. The molecule has 22 heteroatoms.